The number of amides is 2. The minimum atomic E-state index is -0.325. The number of carbonyl (C=O) groups is 2. The van der Waals surface area contributed by atoms with E-state index in [1.54, 1.807) is 0 Å². The second-order valence-corrected chi connectivity index (χ2v) is 5.74. The van der Waals surface area contributed by atoms with Crippen molar-refractivity contribution in [2.45, 2.75) is 31.3 Å². The second kappa shape index (κ2) is 6.26. The number of nitrogens with zero attached hydrogens (tertiary/aromatic N) is 1. The zero-order valence-corrected chi connectivity index (χ0v) is 12.0. The predicted molar refractivity (Wildman–Crippen MR) is 79.7 cm³/mol. The molecule has 2 fully saturated rings. The molecule has 2 N–H and O–H groups in total. The Bertz CT molecular complexity index is 514. The molecule has 2 amide bonds. The van der Waals surface area contributed by atoms with Gasteiger partial charge in [-0.25, -0.2) is 0 Å². The highest BCUT2D eigenvalue weighted by molar-refractivity contribution is 5.89. The molecular formula is C16H21N3O2. The van der Waals surface area contributed by atoms with Crippen LogP contribution >= 0.6 is 0 Å². The van der Waals surface area contributed by atoms with Gasteiger partial charge in [-0.2, -0.15) is 0 Å². The van der Waals surface area contributed by atoms with Gasteiger partial charge in [0, 0.05) is 26.1 Å². The molecule has 0 bridgehead atoms. The van der Waals surface area contributed by atoms with Crippen molar-refractivity contribution in [3.05, 3.63) is 35.9 Å². The topological polar surface area (TPSA) is 61.4 Å². The van der Waals surface area contributed by atoms with Gasteiger partial charge in [0.05, 0.1) is 6.04 Å². The Kier molecular flexibility index (Phi) is 4.20. The van der Waals surface area contributed by atoms with Gasteiger partial charge in [-0.05, 0) is 18.4 Å². The van der Waals surface area contributed by atoms with Gasteiger partial charge in [-0.15, -0.1) is 0 Å². The van der Waals surface area contributed by atoms with E-state index in [-0.39, 0.29) is 17.9 Å². The third kappa shape index (κ3) is 3.24. The van der Waals surface area contributed by atoms with Gasteiger partial charge < -0.3 is 15.5 Å². The molecule has 1 aromatic rings. The van der Waals surface area contributed by atoms with Crippen molar-refractivity contribution in [2.75, 3.05) is 19.6 Å². The fourth-order valence-electron chi connectivity index (χ4n) is 2.86. The number of benzene rings is 1. The zero-order valence-electron chi connectivity index (χ0n) is 12.0. The van der Waals surface area contributed by atoms with Gasteiger partial charge in [-0.1, -0.05) is 30.3 Å². The van der Waals surface area contributed by atoms with E-state index >= 15 is 0 Å². The van der Waals surface area contributed by atoms with Crippen LogP contribution in [0.2, 0.25) is 0 Å². The van der Waals surface area contributed by atoms with E-state index in [2.05, 4.69) is 10.6 Å². The van der Waals surface area contributed by atoms with Gasteiger partial charge in [0.1, 0.15) is 6.04 Å². The first-order chi connectivity index (χ1) is 10.2. The van der Waals surface area contributed by atoms with Crippen LogP contribution < -0.4 is 10.6 Å². The summed E-state index contributed by atoms with van der Waals surface area (Å²) in [4.78, 5) is 26.1. The van der Waals surface area contributed by atoms with E-state index in [9.17, 15) is 9.59 Å². The zero-order chi connectivity index (χ0) is 14.7. The Morgan fingerprint density at radius 2 is 2.05 bits per heavy atom. The molecule has 0 spiro atoms. The highest BCUT2D eigenvalue weighted by Gasteiger charge is 2.38. The van der Waals surface area contributed by atoms with Gasteiger partial charge in [0.15, 0.2) is 0 Å². The van der Waals surface area contributed by atoms with Gasteiger partial charge in [-0.3, -0.25) is 9.59 Å². The van der Waals surface area contributed by atoms with Crippen molar-refractivity contribution >= 4 is 11.8 Å². The quantitative estimate of drug-likeness (QED) is 0.819. The molecule has 2 aliphatic heterocycles. The lowest BCUT2D eigenvalue weighted by atomic mass is 10.1. The molecule has 0 aliphatic carbocycles. The predicted octanol–water partition coefficient (Wildman–Crippen LogP) is 0.308. The van der Waals surface area contributed by atoms with Crippen molar-refractivity contribution < 1.29 is 9.59 Å². The molecule has 2 aliphatic rings. The van der Waals surface area contributed by atoms with Crippen LogP contribution in [0.4, 0.5) is 0 Å². The van der Waals surface area contributed by atoms with Gasteiger partial charge >= 0.3 is 0 Å². The second-order valence-electron chi connectivity index (χ2n) is 5.74. The van der Waals surface area contributed by atoms with Crippen LogP contribution in [0.5, 0.6) is 0 Å². The summed E-state index contributed by atoms with van der Waals surface area (Å²) in [5, 5.41) is 6.05. The van der Waals surface area contributed by atoms with Crippen molar-refractivity contribution in [1.29, 1.82) is 0 Å². The molecule has 5 heteroatoms. The van der Waals surface area contributed by atoms with Crippen molar-refractivity contribution in [2.24, 2.45) is 0 Å². The molecule has 112 valence electrons. The number of rotatable bonds is 5. The first kappa shape index (κ1) is 14.1. The van der Waals surface area contributed by atoms with Crippen molar-refractivity contribution in [3.8, 4) is 0 Å². The van der Waals surface area contributed by atoms with E-state index in [1.807, 2.05) is 35.2 Å². The van der Waals surface area contributed by atoms with Crippen molar-refractivity contribution in [1.82, 2.24) is 15.5 Å². The standard InChI is InChI=1S/C16H21N3O2/c20-15(7-6-12-4-2-1-3-5-12)18-14-8-9-19(16(14)21)13-10-17-11-13/h1-5,13-14,17H,6-11H2,(H,18,20). The molecule has 5 nitrogen and oxygen atoms in total. The fourth-order valence-corrected chi connectivity index (χ4v) is 2.86. The Hall–Kier alpha value is -1.88. The maximum atomic E-state index is 12.2. The Labute approximate surface area is 124 Å². The summed E-state index contributed by atoms with van der Waals surface area (Å²) in [6, 6.07) is 9.93. The Balaban J connectivity index is 1.45. The first-order valence-electron chi connectivity index (χ1n) is 7.58. The molecule has 2 heterocycles. The first-order valence-corrected chi connectivity index (χ1v) is 7.58. The van der Waals surface area contributed by atoms with E-state index in [1.165, 1.54) is 0 Å². The maximum Gasteiger partial charge on any atom is 0.245 e. The summed E-state index contributed by atoms with van der Waals surface area (Å²) in [6.07, 6.45) is 1.87. The summed E-state index contributed by atoms with van der Waals surface area (Å²) in [5.74, 6) is 0.0420. The summed E-state index contributed by atoms with van der Waals surface area (Å²) < 4.78 is 0. The molecule has 0 aromatic heterocycles. The third-order valence-electron chi connectivity index (χ3n) is 4.26. The third-order valence-corrected chi connectivity index (χ3v) is 4.26. The lowest BCUT2D eigenvalue weighted by Crippen LogP contribution is -2.58. The molecular weight excluding hydrogens is 266 g/mol. The summed E-state index contributed by atoms with van der Waals surface area (Å²) in [6.45, 7) is 2.51. The minimum absolute atomic E-state index is 0.0363. The van der Waals surface area contributed by atoms with Crippen LogP contribution in [-0.2, 0) is 16.0 Å². The molecule has 0 saturated carbocycles. The average molecular weight is 287 g/mol. The average Bonchev–Trinajstić information content (AvgIpc) is 2.78. The van der Waals surface area contributed by atoms with Crippen LogP contribution in [0.15, 0.2) is 30.3 Å². The van der Waals surface area contributed by atoms with E-state index in [0.717, 1.165) is 31.6 Å². The van der Waals surface area contributed by atoms with E-state index < -0.39 is 0 Å². The van der Waals surface area contributed by atoms with Crippen molar-refractivity contribution in [3.63, 3.8) is 0 Å². The van der Waals surface area contributed by atoms with Crippen LogP contribution in [0, 0.1) is 0 Å². The molecule has 2 saturated heterocycles. The Morgan fingerprint density at radius 1 is 1.29 bits per heavy atom. The maximum absolute atomic E-state index is 12.2. The largest absolute Gasteiger partial charge is 0.344 e. The number of hydrogen-bond acceptors (Lipinski definition) is 3. The van der Waals surface area contributed by atoms with Crippen LogP contribution in [0.1, 0.15) is 18.4 Å². The summed E-state index contributed by atoms with van der Waals surface area (Å²) >= 11 is 0. The lowest BCUT2D eigenvalue weighted by molar-refractivity contribution is -0.134. The van der Waals surface area contributed by atoms with Crippen LogP contribution in [0.25, 0.3) is 0 Å². The lowest BCUT2D eigenvalue weighted by Gasteiger charge is -2.35. The smallest absolute Gasteiger partial charge is 0.245 e. The molecule has 21 heavy (non-hydrogen) atoms. The number of nitrogens with one attached hydrogen (secondary N) is 2. The van der Waals surface area contributed by atoms with Gasteiger partial charge in [0.25, 0.3) is 0 Å². The Morgan fingerprint density at radius 3 is 2.71 bits per heavy atom. The molecule has 0 radical (unpaired) electrons. The molecule has 3 rings (SSSR count). The number of carbonyl (C=O) groups excluding carboxylic acids is 2. The van der Waals surface area contributed by atoms with Gasteiger partial charge in [0.2, 0.25) is 11.8 Å². The molecule has 1 aromatic carbocycles. The highest BCUT2D eigenvalue weighted by atomic mass is 16.2. The minimum Gasteiger partial charge on any atom is -0.344 e. The number of hydrogen-bond donors (Lipinski definition) is 2. The highest BCUT2D eigenvalue weighted by Crippen LogP contribution is 2.17. The molecule has 1 atom stereocenters. The summed E-state index contributed by atoms with van der Waals surface area (Å²) in [5.41, 5.74) is 1.15. The fraction of sp³-hybridized carbons (Fsp3) is 0.500. The SMILES string of the molecule is O=C(CCc1ccccc1)NC1CCN(C2CNC2)C1=O. The van der Waals surface area contributed by atoms with Crippen LogP contribution in [-0.4, -0.2) is 48.4 Å². The number of likely N-dealkylation sites (tertiary alicyclic amines) is 1. The van der Waals surface area contributed by atoms with Crippen LogP contribution in [0.3, 0.4) is 0 Å². The van der Waals surface area contributed by atoms with E-state index in [4.69, 9.17) is 0 Å². The van der Waals surface area contributed by atoms with E-state index in [0.29, 0.717) is 18.9 Å². The monoisotopic (exact) mass is 287 g/mol. The summed E-state index contributed by atoms with van der Waals surface area (Å²) in [7, 11) is 0. The number of aryl methyl sites for hydroxylation is 1. The normalized spacial score (nSPS) is 22.2. The molecule has 1 unspecified atom stereocenters.